The molecule has 0 bridgehead atoms. The van der Waals surface area contributed by atoms with E-state index in [1.165, 1.54) is 0 Å². The third-order valence-corrected chi connectivity index (χ3v) is 2.36. The van der Waals surface area contributed by atoms with Crippen molar-refractivity contribution >= 4 is 0 Å². The number of nitrogens with two attached hydrogens (primary N) is 1. The first-order chi connectivity index (χ1) is 5.72. The van der Waals surface area contributed by atoms with Crippen LogP contribution in [0.2, 0.25) is 0 Å². The summed E-state index contributed by atoms with van der Waals surface area (Å²) in [4.78, 5) is 0. The van der Waals surface area contributed by atoms with Crippen LogP contribution >= 0.6 is 0 Å². The molecule has 1 aliphatic rings. The van der Waals surface area contributed by atoms with Crippen molar-refractivity contribution < 1.29 is 13.5 Å². The molecule has 2 nitrogen and oxygen atoms in total. The Bertz CT molecular complexity index is 132. The Labute approximate surface area is 71.1 Å². The van der Waals surface area contributed by atoms with Crippen molar-refractivity contribution in [1.29, 1.82) is 0 Å². The second-order valence-electron chi connectivity index (χ2n) is 3.29. The summed E-state index contributed by atoms with van der Waals surface area (Å²) in [5.41, 5.74) is 5.45. The maximum atomic E-state index is 11.8. The molecule has 0 aromatic carbocycles. The average Bonchev–Trinajstić information content (AvgIpc) is 2.03. The van der Waals surface area contributed by atoms with Gasteiger partial charge in [-0.05, 0) is 31.7 Å². The minimum atomic E-state index is -2.63. The second kappa shape index (κ2) is 4.72. The number of ether oxygens (including phenoxy) is 1. The van der Waals surface area contributed by atoms with Gasteiger partial charge in [0.05, 0.1) is 6.10 Å². The normalized spacial score (nSPS) is 31.0. The fraction of sp³-hybridized carbons (Fsp3) is 1.00. The zero-order valence-corrected chi connectivity index (χ0v) is 7.01. The molecule has 0 aliphatic heterocycles. The molecule has 1 fully saturated rings. The molecule has 2 unspecified atom stereocenters. The third-order valence-electron chi connectivity index (χ3n) is 2.36. The Morgan fingerprint density at radius 2 is 2.17 bits per heavy atom. The monoisotopic (exact) mass is 179 g/mol. The van der Waals surface area contributed by atoms with E-state index in [2.05, 4.69) is 4.74 Å². The highest BCUT2D eigenvalue weighted by molar-refractivity contribution is 4.73. The van der Waals surface area contributed by atoms with E-state index in [4.69, 9.17) is 5.73 Å². The fourth-order valence-corrected chi connectivity index (χ4v) is 1.72. The van der Waals surface area contributed by atoms with Crippen LogP contribution in [0.5, 0.6) is 0 Å². The number of rotatable bonds is 3. The van der Waals surface area contributed by atoms with Crippen molar-refractivity contribution in [3.63, 3.8) is 0 Å². The lowest BCUT2D eigenvalue weighted by atomic mass is 9.87. The van der Waals surface area contributed by atoms with E-state index < -0.39 is 6.61 Å². The van der Waals surface area contributed by atoms with Gasteiger partial charge < -0.3 is 10.5 Å². The van der Waals surface area contributed by atoms with Crippen LogP contribution in [-0.4, -0.2) is 19.3 Å². The third kappa shape index (κ3) is 3.03. The van der Waals surface area contributed by atoms with E-state index in [-0.39, 0.29) is 6.10 Å². The van der Waals surface area contributed by atoms with Gasteiger partial charge >= 0.3 is 6.61 Å². The van der Waals surface area contributed by atoms with Gasteiger partial charge in [0, 0.05) is 0 Å². The lowest BCUT2D eigenvalue weighted by Gasteiger charge is -2.27. The molecule has 1 aliphatic carbocycles. The molecular weight excluding hydrogens is 164 g/mol. The SMILES string of the molecule is NCC1CCCC(OC(F)F)C1. The van der Waals surface area contributed by atoms with E-state index in [0.717, 1.165) is 19.3 Å². The van der Waals surface area contributed by atoms with E-state index in [0.29, 0.717) is 18.9 Å². The second-order valence-corrected chi connectivity index (χ2v) is 3.29. The molecule has 0 saturated heterocycles. The van der Waals surface area contributed by atoms with Crippen LogP contribution in [0.1, 0.15) is 25.7 Å². The largest absolute Gasteiger partial charge is 0.345 e. The van der Waals surface area contributed by atoms with Gasteiger partial charge in [-0.2, -0.15) is 8.78 Å². The molecule has 2 N–H and O–H groups in total. The summed E-state index contributed by atoms with van der Waals surface area (Å²) in [7, 11) is 0. The van der Waals surface area contributed by atoms with Crippen molar-refractivity contribution in [1.82, 2.24) is 0 Å². The zero-order chi connectivity index (χ0) is 8.97. The fourth-order valence-electron chi connectivity index (χ4n) is 1.72. The Morgan fingerprint density at radius 1 is 1.42 bits per heavy atom. The topological polar surface area (TPSA) is 35.2 Å². The summed E-state index contributed by atoms with van der Waals surface area (Å²) in [6.07, 6.45) is 3.19. The van der Waals surface area contributed by atoms with E-state index in [1.807, 2.05) is 0 Å². The predicted octanol–water partition coefficient (Wildman–Crippen LogP) is 1.74. The summed E-state index contributed by atoms with van der Waals surface area (Å²) in [6.45, 7) is -2.05. The van der Waals surface area contributed by atoms with Crippen LogP contribution in [0.15, 0.2) is 0 Å². The Kier molecular flexibility index (Phi) is 3.88. The van der Waals surface area contributed by atoms with Gasteiger partial charge in [0.2, 0.25) is 0 Å². The van der Waals surface area contributed by atoms with Crippen molar-refractivity contribution in [2.45, 2.75) is 38.4 Å². The molecule has 0 aromatic rings. The molecule has 0 heterocycles. The van der Waals surface area contributed by atoms with Gasteiger partial charge in [-0.15, -0.1) is 0 Å². The number of halogens is 2. The van der Waals surface area contributed by atoms with Crippen LogP contribution in [0.25, 0.3) is 0 Å². The molecule has 72 valence electrons. The molecule has 1 saturated carbocycles. The maximum absolute atomic E-state index is 11.8. The summed E-state index contributed by atoms with van der Waals surface area (Å²) in [5.74, 6) is 0.377. The first-order valence-electron chi connectivity index (χ1n) is 4.36. The Morgan fingerprint density at radius 3 is 2.75 bits per heavy atom. The maximum Gasteiger partial charge on any atom is 0.345 e. The van der Waals surface area contributed by atoms with Crippen LogP contribution in [0.4, 0.5) is 8.78 Å². The molecule has 0 aromatic heterocycles. The Balaban J connectivity index is 2.25. The standard InChI is InChI=1S/C8H15F2NO/c9-8(10)12-7-3-1-2-6(4-7)5-11/h6-8H,1-5,11H2. The first kappa shape index (κ1) is 9.86. The number of hydrogen-bond donors (Lipinski definition) is 1. The van der Waals surface area contributed by atoms with Crippen LogP contribution in [-0.2, 0) is 4.74 Å². The van der Waals surface area contributed by atoms with Crippen molar-refractivity contribution in [3.8, 4) is 0 Å². The highest BCUT2D eigenvalue weighted by Crippen LogP contribution is 2.26. The average molecular weight is 179 g/mol. The lowest BCUT2D eigenvalue weighted by Crippen LogP contribution is -2.28. The number of alkyl halides is 2. The van der Waals surface area contributed by atoms with Crippen LogP contribution in [0, 0.1) is 5.92 Å². The zero-order valence-electron chi connectivity index (χ0n) is 7.01. The van der Waals surface area contributed by atoms with Crippen molar-refractivity contribution in [2.24, 2.45) is 11.7 Å². The van der Waals surface area contributed by atoms with Gasteiger partial charge in [-0.25, -0.2) is 0 Å². The minimum Gasteiger partial charge on any atom is -0.330 e. The molecule has 1 rings (SSSR count). The molecule has 0 spiro atoms. The van der Waals surface area contributed by atoms with Gasteiger partial charge in [-0.3, -0.25) is 0 Å². The lowest BCUT2D eigenvalue weighted by molar-refractivity contribution is -0.172. The molecule has 0 radical (unpaired) electrons. The first-order valence-corrected chi connectivity index (χ1v) is 4.36. The highest BCUT2D eigenvalue weighted by atomic mass is 19.3. The van der Waals surface area contributed by atoms with Crippen LogP contribution < -0.4 is 5.73 Å². The smallest absolute Gasteiger partial charge is 0.330 e. The van der Waals surface area contributed by atoms with Gasteiger partial charge in [0.1, 0.15) is 0 Å². The van der Waals surface area contributed by atoms with Crippen LogP contribution in [0.3, 0.4) is 0 Å². The molecule has 4 heteroatoms. The minimum absolute atomic E-state index is 0.271. The summed E-state index contributed by atoms with van der Waals surface area (Å²) in [5, 5.41) is 0. The summed E-state index contributed by atoms with van der Waals surface area (Å²) >= 11 is 0. The quantitative estimate of drug-likeness (QED) is 0.716. The van der Waals surface area contributed by atoms with E-state index in [1.54, 1.807) is 0 Å². The molecular formula is C8H15F2NO. The Hall–Kier alpha value is -0.220. The number of hydrogen-bond acceptors (Lipinski definition) is 2. The van der Waals surface area contributed by atoms with Crippen molar-refractivity contribution in [2.75, 3.05) is 6.54 Å². The highest BCUT2D eigenvalue weighted by Gasteiger charge is 2.23. The van der Waals surface area contributed by atoms with E-state index in [9.17, 15) is 8.78 Å². The summed E-state index contributed by atoms with van der Waals surface area (Å²) in [6, 6.07) is 0. The van der Waals surface area contributed by atoms with Gasteiger partial charge in [0.25, 0.3) is 0 Å². The predicted molar refractivity (Wildman–Crippen MR) is 41.9 cm³/mol. The summed E-state index contributed by atoms with van der Waals surface area (Å²) < 4.78 is 28.0. The van der Waals surface area contributed by atoms with Gasteiger partial charge in [0.15, 0.2) is 0 Å². The van der Waals surface area contributed by atoms with Gasteiger partial charge in [-0.1, -0.05) is 6.42 Å². The van der Waals surface area contributed by atoms with E-state index >= 15 is 0 Å². The molecule has 0 amide bonds. The van der Waals surface area contributed by atoms with Crippen molar-refractivity contribution in [3.05, 3.63) is 0 Å². The molecule has 2 atom stereocenters. The molecule has 12 heavy (non-hydrogen) atoms.